The SMILES string of the molecule is CNC(c1ccc(Br)cc1F)c1c(C)c(C)cc(C)c1C. The van der Waals surface area contributed by atoms with Crippen molar-refractivity contribution >= 4 is 15.9 Å². The van der Waals surface area contributed by atoms with E-state index < -0.39 is 0 Å². The largest absolute Gasteiger partial charge is 0.309 e. The molecule has 1 nitrogen and oxygen atoms in total. The van der Waals surface area contributed by atoms with E-state index in [-0.39, 0.29) is 11.9 Å². The van der Waals surface area contributed by atoms with Crippen molar-refractivity contribution in [3.05, 3.63) is 67.9 Å². The van der Waals surface area contributed by atoms with Gasteiger partial charge in [-0.2, -0.15) is 0 Å². The van der Waals surface area contributed by atoms with Crippen LogP contribution in [0, 0.1) is 33.5 Å². The average Bonchev–Trinajstić information content (AvgIpc) is 2.42. The van der Waals surface area contributed by atoms with E-state index in [0.29, 0.717) is 5.56 Å². The van der Waals surface area contributed by atoms with E-state index in [4.69, 9.17) is 0 Å². The lowest BCUT2D eigenvalue weighted by molar-refractivity contribution is 0.573. The zero-order valence-corrected chi connectivity index (χ0v) is 14.7. The molecule has 2 rings (SSSR count). The second-order valence-corrected chi connectivity index (χ2v) is 6.48. The summed E-state index contributed by atoms with van der Waals surface area (Å²) in [5, 5.41) is 3.28. The van der Waals surface area contributed by atoms with Gasteiger partial charge in [-0.15, -0.1) is 0 Å². The normalized spacial score (nSPS) is 12.5. The maximum atomic E-state index is 14.4. The van der Waals surface area contributed by atoms with Crippen LogP contribution in [0.15, 0.2) is 28.7 Å². The van der Waals surface area contributed by atoms with E-state index >= 15 is 0 Å². The molecule has 0 heterocycles. The minimum absolute atomic E-state index is 0.142. The maximum Gasteiger partial charge on any atom is 0.129 e. The van der Waals surface area contributed by atoms with E-state index in [1.807, 2.05) is 19.2 Å². The molecule has 0 aliphatic carbocycles. The molecule has 0 aliphatic rings. The van der Waals surface area contributed by atoms with Gasteiger partial charge in [0.2, 0.25) is 0 Å². The molecule has 1 atom stereocenters. The highest BCUT2D eigenvalue weighted by atomic mass is 79.9. The highest BCUT2D eigenvalue weighted by Crippen LogP contribution is 2.33. The number of hydrogen-bond donors (Lipinski definition) is 1. The van der Waals surface area contributed by atoms with Gasteiger partial charge in [0.05, 0.1) is 6.04 Å². The Labute approximate surface area is 134 Å². The molecular formula is C18H21BrFN. The first-order chi connectivity index (χ1) is 9.86. The fourth-order valence-corrected chi connectivity index (χ4v) is 3.20. The Kier molecular flexibility index (Phi) is 4.84. The monoisotopic (exact) mass is 349 g/mol. The summed E-state index contributed by atoms with van der Waals surface area (Å²) in [5.41, 5.74) is 6.78. The molecule has 0 aliphatic heterocycles. The molecule has 2 aromatic carbocycles. The van der Waals surface area contributed by atoms with E-state index in [2.05, 4.69) is 55.0 Å². The van der Waals surface area contributed by atoms with E-state index in [1.165, 1.54) is 33.9 Å². The van der Waals surface area contributed by atoms with Gasteiger partial charge in [0, 0.05) is 10.0 Å². The highest BCUT2D eigenvalue weighted by molar-refractivity contribution is 9.10. The van der Waals surface area contributed by atoms with Crippen LogP contribution in [0.1, 0.15) is 39.4 Å². The molecule has 3 heteroatoms. The predicted octanol–water partition coefficient (Wildman–Crippen LogP) is 5.13. The van der Waals surface area contributed by atoms with Crippen molar-refractivity contribution in [3.8, 4) is 0 Å². The van der Waals surface area contributed by atoms with Crippen LogP contribution in [-0.4, -0.2) is 7.05 Å². The van der Waals surface area contributed by atoms with Gasteiger partial charge >= 0.3 is 0 Å². The van der Waals surface area contributed by atoms with Crippen LogP contribution in [0.4, 0.5) is 4.39 Å². The van der Waals surface area contributed by atoms with Crippen LogP contribution in [0.2, 0.25) is 0 Å². The lowest BCUT2D eigenvalue weighted by Crippen LogP contribution is -2.22. The topological polar surface area (TPSA) is 12.0 Å². The van der Waals surface area contributed by atoms with Crippen LogP contribution in [0.25, 0.3) is 0 Å². The number of rotatable bonds is 3. The molecule has 2 aromatic rings. The third kappa shape index (κ3) is 3.04. The highest BCUT2D eigenvalue weighted by Gasteiger charge is 2.21. The van der Waals surface area contributed by atoms with Gasteiger partial charge in [-0.3, -0.25) is 0 Å². The van der Waals surface area contributed by atoms with Gasteiger partial charge in [-0.1, -0.05) is 28.1 Å². The predicted molar refractivity (Wildman–Crippen MR) is 90.4 cm³/mol. The third-order valence-corrected chi connectivity index (χ3v) is 4.77. The number of aryl methyl sites for hydroxylation is 2. The minimum atomic E-state index is -0.193. The van der Waals surface area contributed by atoms with Crippen LogP contribution < -0.4 is 5.32 Å². The molecule has 0 saturated carbocycles. The Hall–Kier alpha value is -1.19. The second kappa shape index (κ2) is 6.29. The minimum Gasteiger partial charge on any atom is -0.309 e. The van der Waals surface area contributed by atoms with Gasteiger partial charge in [0.15, 0.2) is 0 Å². The molecule has 0 spiro atoms. The molecule has 0 amide bonds. The van der Waals surface area contributed by atoms with Gasteiger partial charge in [0.25, 0.3) is 0 Å². The molecule has 0 radical (unpaired) electrons. The van der Waals surface area contributed by atoms with Gasteiger partial charge in [-0.05, 0) is 74.7 Å². The molecule has 0 bridgehead atoms. The first-order valence-corrected chi connectivity index (χ1v) is 7.85. The number of benzene rings is 2. The zero-order chi connectivity index (χ0) is 15.7. The van der Waals surface area contributed by atoms with Gasteiger partial charge < -0.3 is 5.32 Å². The van der Waals surface area contributed by atoms with Crippen LogP contribution in [0.3, 0.4) is 0 Å². The summed E-state index contributed by atoms with van der Waals surface area (Å²) >= 11 is 3.32. The van der Waals surface area contributed by atoms with Crippen LogP contribution in [0.5, 0.6) is 0 Å². The average molecular weight is 350 g/mol. The summed E-state index contributed by atoms with van der Waals surface area (Å²) in [6.07, 6.45) is 0. The molecule has 0 aromatic heterocycles. The molecule has 1 N–H and O–H groups in total. The summed E-state index contributed by atoms with van der Waals surface area (Å²) in [6.45, 7) is 8.43. The zero-order valence-electron chi connectivity index (χ0n) is 13.1. The smallest absolute Gasteiger partial charge is 0.129 e. The molecular weight excluding hydrogens is 329 g/mol. The summed E-state index contributed by atoms with van der Waals surface area (Å²) in [4.78, 5) is 0. The Morgan fingerprint density at radius 1 is 1.00 bits per heavy atom. The summed E-state index contributed by atoms with van der Waals surface area (Å²) in [7, 11) is 1.88. The van der Waals surface area contributed by atoms with Crippen molar-refractivity contribution in [1.82, 2.24) is 5.32 Å². The van der Waals surface area contributed by atoms with E-state index in [9.17, 15) is 4.39 Å². The van der Waals surface area contributed by atoms with Gasteiger partial charge in [0.1, 0.15) is 5.82 Å². The Bertz CT molecular complexity index is 653. The molecule has 0 saturated heterocycles. The first kappa shape index (κ1) is 16.2. The van der Waals surface area contributed by atoms with E-state index in [1.54, 1.807) is 0 Å². The van der Waals surface area contributed by atoms with Crippen molar-refractivity contribution in [2.75, 3.05) is 7.05 Å². The van der Waals surface area contributed by atoms with Crippen molar-refractivity contribution in [2.45, 2.75) is 33.7 Å². The fraction of sp³-hybridized carbons (Fsp3) is 0.333. The van der Waals surface area contributed by atoms with Crippen LogP contribution >= 0.6 is 15.9 Å². The van der Waals surface area contributed by atoms with Crippen molar-refractivity contribution < 1.29 is 4.39 Å². The Balaban J connectivity index is 2.67. The number of halogens is 2. The quantitative estimate of drug-likeness (QED) is 0.809. The Morgan fingerprint density at radius 3 is 2.05 bits per heavy atom. The van der Waals surface area contributed by atoms with Crippen LogP contribution in [-0.2, 0) is 0 Å². The van der Waals surface area contributed by atoms with Gasteiger partial charge in [-0.25, -0.2) is 4.39 Å². The second-order valence-electron chi connectivity index (χ2n) is 5.56. The van der Waals surface area contributed by atoms with Crippen molar-refractivity contribution in [1.29, 1.82) is 0 Å². The third-order valence-electron chi connectivity index (χ3n) is 4.27. The first-order valence-electron chi connectivity index (χ1n) is 7.06. The van der Waals surface area contributed by atoms with E-state index in [0.717, 1.165) is 4.47 Å². The summed E-state index contributed by atoms with van der Waals surface area (Å²) in [5.74, 6) is -0.193. The molecule has 0 fully saturated rings. The Morgan fingerprint density at radius 2 is 1.57 bits per heavy atom. The lowest BCUT2D eigenvalue weighted by atomic mass is 9.86. The maximum absolute atomic E-state index is 14.4. The molecule has 112 valence electrons. The molecule has 1 unspecified atom stereocenters. The summed E-state index contributed by atoms with van der Waals surface area (Å²) in [6, 6.07) is 7.30. The van der Waals surface area contributed by atoms with Crippen molar-refractivity contribution in [2.24, 2.45) is 0 Å². The standard InChI is InChI=1S/C18H21BrFN/c1-10-8-11(2)13(4)17(12(10)3)18(21-5)15-7-6-14(19)9-16(15)20/h6-9,18,21H,1-5H3. The summed E-state index contributed by atoms with van der Waals surface area (Å²) < 4.78 is 15.1. The number of nitrogens with one attached hydrogen (secondary N) is 1. The fourth-order valence-electron chi connectivity index (χ4n) is 2.87. The molecule has 21 heavy (non-hydrogen) atoms. The lowest BCUT2D eigenvalue weighted by Gasteiger charge is -2.24. The number of hydrogen-bond acceptors (Lipinski definition) is 1. The van der Waals surface area contributed by atoms with Crippen molar-refractivity contribution in [3.63, 3.8) is 0 Å².